The summed E-state index contributed by atoms with van der Waals surface area (Å²) in [4.78, 5) is 13.3. The van der Waals surface area contributed by atoms with E-state index in [-0.39, 0.29) is 5.91 Å². The van der Waals surface area contributed by atoms with Crippen molar-refractivity contribution in [2.45, 2.75) is 20.0 Å². The second kappa shape index (κ2) is 6.82. The third-order valence-electron chi connectivity index (χ3n) is 3.17. The van der Waals surface area contributed by atoms with Gasteiger partial charge in [0.2, 0.25) is 5.82 Å². The minimum Gasteiger partial charge on any atom is -0.351 e. The highest BCUT2D eigenvalue weighted by Gasteiger charge is 2.10. The van der Waals surface area contributed by atoms with E-state index in [1.807, 2.05) is 37.3 Å². The lowest BCUT2D eigenvalue weighted by Gasteiger charge is -2.00. The highest BCUT2D eigenvalue weighted by atomic mass is 16.1. The molecule has 1 N–H and O–H groups in total. The summed E-state index contributed by atoms with van der Waals surface area (Å²) in [5.41, 5.74) is 1.28. The van der Waals surface area contributed by atoms with Gasteiger partial charge in [-0.15, -0.1) is 15.0 Å². The zero-order valence-corrected chi connectivity index (χ0v) is 12.8. The lowest BCUT2D eigenvalue weighted by atomic mass is 10.2. The monoisotopic (exact) mass is 311 g/mol. The summed E-state index contributed by atoms with van der Waals surface area (Å²) in [5.74, 6) is 0.376. The number of carbonyl (C=O) groups is 1. The number of rotatable bonds is 6. The molecule has 0 spiro atoms. The maximum atomic E-state index is 11.8. The lowest BCUT2D eigenvalue weighted by Crippen LogP contribution is -2.24. The summed E-state index contributed by atoms with van der Waals surface area (Å²) in [6, 6.07) is 11.3. The number of benzene rings is 1. The van der Waals surface area contributed by atoms with Gasteiger partial charge in [-0.3, -0.25) is 4.79 Å². The standard InChI is InChI=1S/C15H17N7O/c1-2-9-16-15(23)13-8-10-21(18-13)11-22-19-14(17-20-22)12-6-4-3-5-7-12/h3-8,10H,2,9,11H2,1H3,(H,16,23). The molecule has 0 saturated heterocycles. The van der Waals surface area contributed by atoms with E-state index in [2.05, 4.69) is 25.8 Å². The van der Waals surface area contributed by atoms with Crippen LogP contribution < -0.4 is 5.32 Å². The van der Waals surface area contributed by atoms with E-state index in [0.717, 1.165) is 12.0 Å². The first-order valence-electron chi connectivity index (χ1n) is 7.41. The molecule has 0 radical (unpaired) electrons. The topological polar surface area (TPSA) is 90.5 Å². The minimum absolute atomic E-state index is 0.179. The molecule has 0 atom stereocenters. The fourth-order valence-electron chi connectivity index (χ4n) is 2.03. The SMILES string of the molecule is CCCNC(=O)c1ccn(Cn2nnc(-c3ccccc3)n2)n1. The summed E-state index contributed by atoms with van der Waals surface area (Å²) in [7, 11) is 0. The van der Waals surface area contributed by atoms with Gasteiger partial charge in [0.25, 0.3) is 5.91 Å². The van der Waals surface area contributed by atoms with Crippen LogP contribution in [-0.4, -0.2) is 42.4 Å². The molecule has 2 aromatic heterocycles. The van der Waals surface area contributed by atoms with Gasteiger partial charge in [0, 0.05) is 18.3 Å². The van der Waals surface area contributed by atoms with E-state index in [1.165, 1.54) is 4.80 Å². The third kappa shape index (κ3) is 3.60. The Morgan fingerprint density at radius 1 is 1.17 bits per heavy atom. The van der Waals surface area contributed by atoms with Crippen molar-refractivity contribution < 1.29 is 4.79 Å². The molecule has 0 aliphatic carbocycles. The third-order valence-corrected chi connectivity index (χ3v) is 3.17. The van der Waals surface area contributed by atoms with Gasteiger partial charge in [-0.25, -0.2) is 4.68 Å². The van der Waals surface area contributed by atoms with Crippen molar-refractivity contribution in [1.82, 2.24) is 35.3 Å². The van der Waals surface area contributed by atoms with E-state index in [4.69, 9.17) is 0 Å². The van der Waals surface area contributed by atoms with Gasteiger partial charge in [0.15, 0.2) is 6.67 Å². The molecule has 1 aromatic carbocycles. The molecule has 0 saturated carbocycles. The van der Waals surface area contributed by atoms with Crippen LogP contribution in [0.15, 0.2) is 42.6 Å². The van der Waals surface area contributed by atoms with Crippen molar-refractivity contribution >= 4 is 5.91 Å². The number of carbonyl (C=O) groups excluding carboxylic acids is 1. The maximum Gasteiger partial charge on any atom is 0.271 e. The molecule has 0 fully saturated rings. The van der Waals surface area contributed by atoms with Gasteiger partial charge in [0.05, 0.1) is 0 Å². The Hall–Kier alpha value is -3.03. The van der Waals surface area contributed by atoms with Crippen LogP contribution in [0.5, 0.6) is 0 Å². The smallest absolute Gasteiger partial charge is 0.271 e. The first-order chi connectivity index (χ1) is 11.3. The number of aromatic nitrogens is 6. The molecule has 23 heavy (non-hydrogen) atoms. The summed E-state index contributed by atoms with van der Waals surface area (Å²) in [6.45, 7) is 2.93. The van der Waals surface area contributed by atoms with Gasteiger partial charge in [-0.1, -0.05) is 37.3 Å². The highest BCUT2D eigenvalue weighted by molar-refractivity contribution is 5.92. The second-order valence-electron chi connectivity index (χ2n) is 4.99. The van der Waals surface area contributed by atoms with Crippen molar-refractivity contribution in [3.05, 3.63) is 48.3 Å². The highest BCUT2D eigenvalue weighted by Crippen LogP contribution is 2.11. The molecule has 118 valence electrons. The van der Waals surface area contributed by atoms with Crippen molar-refractivity contribution in [2.24, 2.45) is 0 Å². The van der Waals surface area contributed by atoms with E-state index in [0.29, 0.717) is 24.7 Å². The second-order valence-corrected chi connectivity index (χ2v) is 4.99. The molecule has 8 heteroatoms. The number of hydrogen-bond donors (Lipinski definition) is 1. The van der Waals surface area contributed by atoms with Crippen LogP contribution in [0.25, 0.3) is 11.4 Å². The molecular formula is C15H17N7O. The average molecular weight is 311 g/mol. The first-order valence-corrected chi connectivity index (χ1v) is 7.41. The number of nitrogens with zero attached hydrogens (tertiary/aromatic N) is 6. The molecular weight excluding hydrogens is 294 g/mol. The largest absolute Gasteiger partial charge is 0.351 e. The van der Waals surface area contributed by atoms with Crippen LogP contribution in [0.2, 0.25) is 0 Å². The van der Waals surface area contributed by atoms with Crippen molar-refractivity contribution in [3.8, 4) is 11.4 Å². The summed E-state index contributed by atoms with van der Waals surface area (Å²) >= 11 is 0. The van der Waals surface area contributed by atoms with Crippen LogP contribution in [0.3, 0.4) is 0 Å². The average Bonchev–Trinajstić information content (AvgIpc) is 3.23. The zero-order chi connectivity index (χ0) is 16.1. The van der Waals surface area contributed by atoms with Crippen molar-refractivity contribution in [2.75, 3.05) is 6.54 Å². The van der Waals surface area contributed by atoms with Gasteiger partial charge < -0.3 is 5.32 Å². The normalized spacial score (nSPS) is 10.7. The number of tetrazole rings is 1. The molecule has 2 heterocycles. The van der Waals surface area contributed by atoms with Crippen molar-refractivity contribution in [1.29, 1.82) is 0 Å². The Kier molecular flexibility index (Phi) is 4.41. The van der Waals surface area contributed by atoms with Gasteiger partial charge in [-0.2, -0.15) is 5.10 Å². The predicted octanol–water partition coefficient (Wildman–Crippen LogP) is 1.18. The first kappa shape index (κ1) is 14.9. The summed E-state index contributed by atoms with van der Waals surface area (Å²) in [5, 5.41) is 19.3. The minimum atomic E-state index is -0.179. The lowest BCUT2D eigenvalue weighted by molar-refractivity contribution is 0.0947. The van der Waals surface area contributed by atoms with Crippen LogP contribution in [-0.2, 0) is 6.67 Å². The predicted molar refractivity (Wildman–Crippen MR) is 83.5 cm³/mol. The Balaban J connectivity index is 1.67. The van der Waals surface area contributed by atoms with Crippen molar-refractivity contribution in [3.63, 3.8) is 0 Å². The van der Waals surface area contributed by atoms with Crippen LogP contribution >= 0.6 is 0 Å². The Labute approximate surface area is 133 Å². The number of hydrogen-bond acceptors (Lipinski definition) is 5. The van der Waals surface area contributed by atoms with E-state index < -0.39 is 0 Å². The maximum absolute atomic E-state index is 11.8. The van der Waals surface area contributed by atoms with E-state index in [1.54, 1.807) is 16.9 Å². The van der Waals surface area contributed by atoms with Crippen LogP contribution in [0.1, 0.15) is 23.8 Å². The number of nitrogens with one attached hydrogen (secondary N) is 1. The molecule has 1 amide bonds. The van der Waals surface area contributed by atoms with E-state index in [9.17, 15) is 4.79 Å². The molecule has 8 nitrogen and oxygen atoms in total. The quantitative estimate of drug-likeness (QED) is 0.738. The Morgan fingerprint density at radius 3 is 2.78 bits per heavy atom. The molecule has 0 bridgehead atoms. The molecule has 3 aromatic rings. The zero-order valence-electron chi connectivity index (χ0n) is 12.8. The summed E-state index contributed by atoms with van der Waals surface area (Å²) in [6.07, 6.45) is 2.60. The van der Waals surface area contributed by atoms with Gasteiger partial charge >= 0.3 is 0 Å². The summed E-state index contributed by atoms with van der Waals surface area (Å²) < 4.78 is 1.59. The molecule has 0 aliphatic rings. The van der Waals surface area contributed by atoms with Gasteiger partial charge in [0.1, 0.15) is 5.69 Å². The van der Waals surface area contributed by atoms with Crippen LogP contribution in [0.4, 0.5) is 0 Å². The molecule has 3 rings (SSSR count). The fraction of sp³-hybridized carbons (Fsp3) is 0.267. The number of amides is 1. The fourth-order valence-corrected chi connectivity index (χ4v) is 2.03. The Morgan fingerprint density at radius 2 is 2.00 bits per heavy atom. The van der Waals surface area contributed by atoms with Gasteiger partial charge in [-0.05, 0) is 17.7 Å². The van der Waals surface area contributed by atoms with E-state index >= 15 is 0 Å². The molecule has 0 aliphatic heterocycles. The Bertz CT molecular complexity index is 778. The van der Waals surface area contributed by atoms with Crippen LogP contribution in [0, 0.1) is 0 Å². The molecule has 0 unspecified atom stereocenters.